The number of nitrogens with zero attached hydrogens (tertiary/aromatic N) is 4. The van der Waals surface area contributed by atoms with Gasteiger partial charge < -0.3 is 32.7 Å². The van der Waals surface area contributed by atoms with E-state index >= 15 is 0 Å². The summed E-state index contributed by atoms with van der Waals surface area (Å²) < 4.78 is 52.3. The highest BCUT2D eigenvalue weighted by Gasteiger charge is 2.47. The summed E-state index contributed by atoms with van der Waals surface area (Å²) in [4.78, 5) is 55.6. The lowest BCUT2D eigenvalue weighted by Crippen LogP contribution is -2.32. The Kier molecular flexibility index (Phi) is 14.5. The fourth-order valence-electron chi connectivity index (χ4n) is 10.6. The predicted molar refractivity (Wildman–Crippen MR) is 276 cm³/mol. The molecule has 17 heteroatoms. The average Bonchev–Trinajstić information content (AvgIpc) is 4.17. The normalized spacial score (nSPS) is 17.8. The number of hydrogen-bond acceptors (Lipinski definition) is 11. The maximum atomic E-state index is 14.0. The number of benzene rings is 2. The minimum Gasteiger partial charge on any atom is -0.461 e. The molecule has 4 atom stereocenters. The van der Waals surface area contributed by atoms with Gasteiger partial charge in [0.2, 0.25) is 0 Å². The molecule has 0 fully saturated rings. The lowest BCUT2D eigenvalue weighted by Gasteiger charge is -2.42. The molecule has 72 heavy (non-hydrogen) atoms. The maximum Gasteiger partial charge on any atom is 0.355 e. The Hall–Kier alpha value is -6.30. The van der Waals surface area contributed by atoms with Gasteiger partial charge in [-0.25, -0.2) is 19.2 Å². The van der Waals surface area contributed by atoms with Crippen LogP contribution in [0, 0.1) is 13.8 Å². The fourth-order valence-corrected chi connectivity index (χ4v) is 15.2. The van der Waals surface area contributed by atoms with Crippen molar-refractivity contribution in [3.05, 3.63) is 141 Å². The SMILES string of the molecule is CCCCC1(CCCC)c2cccc(OP3n4c(C(=O)OCC)ccc4C(C)c4cc(C)c(C(=O)OCC)n43)c2Oc2c(OP3n4c(C(=O)OCC)ccc4C(C)c4cc(C)c(C(=O)OCC)n43)cccc21. The quantitative estimate of drug-likeness (QED) is 0.0459. The third-order valence-electron chi connectivity index (χ3n) is 14.0. The molecule has 6 aromatic rings. The van der Waals surface area contributed by atoms with Crippen LogP contribution >= 0.6 is 16.9 Å². The Labute approximate surface area is 423 Å². The Morgan fingerprint density at radius 2 is 0.917 bits per heavy atom. The van der Waals surface area contributed by atoms with Crippen molar-refractivity contribution in [3.8, 4) is 23.0 Å². The molecule has 0 bridgehead atoms. The Bertz CT molecular complexity index is 2870. The van der Waals surface area contributed by atoms with E-state index in [1.54, 1.807) is 39.8 Å². The van der Waals surface area contributed by atoms with Gasteiger partial charge in [0.1, 0.15) is 22.8 Å². The average molecular weight is 1020 g/mol. The van der Waals surface area contributed by atoms with Crippen molar-refractivity contribution in [2.45, 2.75) is 125 Å². The molecule has 7 heterocycles. The lowest BCUT2D eigenvalue weighted by molar-refractivity contribution is 0.0505. The third-order valence-corrected chi connectivity index (χ3v) is 17.8. The van der Waals surface area contributed by atoms with E-state index in [1.165, 1.54) is 0 Å². The van der Waals surface area contributed by atoms with Crippen LogP contribution in [0.2, 0.25) is 0 Å². The van der Waals surface area contributed by atoms with E-state index in [2.05, 4.69) is 26.0 Å². The fraction of sp³-hybridized carbons (Fsp3) is 0.418. The van der Waals surface area contributed by atoms with E-state index in [9.17, 15) is 19.2 Å². The zero-order chi connectivity index (χ0) is 51.2. The molecule has 0 saturated carbocycles. The van der Waals surface area contributed by atoms with Gasteiger partial charge >= 0.3 is 40.8 Å². The lowest BCUT2D eigenvalue weighted by atomic mass is 9.66. The first-order chi connectivity index (χ1) is 34.8. The van der Waals surface area contributed by atoms with E-state index in [1.807, 2.05) is 93.6 Å². The van der Waals surface area contributed by atoms with Crippen molar-refractivity contribution in [1.82, 2.24) is 17.4 Å². The molecule has 0 aliphatic carbocycles. The predicted octanol–water partition coefficient (Wildman–Crippen LogP) is 13.3. The summed E-state index contributed by atoms with van der Waals surface area (Å²) in [5.74, 6) is -0.734. The zero-order valence-corrected chi connectivity index (χ0v) is 44.6. The molecule has 0 saturated heterocycles. The van der Waals surface area contributed by atoms with Gasteiger partial charge in [-0.2, -0.15) is 0 Å². The number of ether oxygens (including phenoxy) is 5. The number of fused-ring (bicyclic) bond motifs is 6. The summed E-state index contributed by atoms with van der Waals surface area (Å²) in [5.41, 5.74) is 7.34. The molecule has 9 rings (SSSR count). The maximum absolute atomic E-state index is 14.0. The van der Waals surface area contributed by atoms with Gasteiger partial charge in [-0.15, -0.1) is 0 Å². The minimum atomic E-state index is -2.09. The van der Waals surface area contributed by atoms with E-state index in [-0.39, 0.29) is 38.3 Å². The number of carbonyl (C=O) groups excluding carboxylic acids is 4. The first-order valence-electron chi connectivity index (χ1n) is 25.3. The van der Waals surface area contributed by atoms with Gasteiger partial charge in [0, 0.05) is 51.2 Å². The van der Waals surface area contributed by atoms with E-state index < -0.39 is 46.2 Å². The monoisotopic (exact) mass is 1020 g/mol. The van der Waals surface area contributed by atoms with Crippen LogP contribution in [-0.4, -0.2) is 67.7 Å². The summed E-state index contributed by atoms with van der Waals surface area (Å²) in [6.45, 7) is 20.0. The van der Waals surface area contributed by atoms with Crippen LogP contribution in [0.4, 0.5) is 0 Å². The number of hydrogen-bond donors (Lipinski definition) is 0. The molecule has 3 aliphatic heterocycles. The van der Waals surface area contributed by atoms with Crippen LogP contribution in [-0.2, 0) is 24.4 Å². The second kappa shape index (κ2) is 20.7. The van der Waals surface area contributed by atoms with Crippen molar-refractivity contribution in [3.63, 3.8) is 0 Å². The smallest absolute Gasteiger partial charge is 0.355 e. The van der Waals surface area contributed by atoms with Crippen LogP contribution in [0.15, 0.2) is 72.8 Å². The van der Waals surface area contributed by atoms with Gasteiger partial charge in [-0.1, -0.05) is 77.6 Å². The largest absolute Gasteiger partial charge is 0.461 e. The van der Waals surface area contributed by atoms with Crippen LogP contribution in [0.25, 0.3) is 0 Å². The number of aromatic nitrogens is 4. The van der Waals surface area contributed by atoms with Gasteiger partial charge in [0.05, 0.1) is 26.4 Å². The van der Waals surface area contributed by atoms with E-state index in [0.717, 1.165) is 83.6 Å². The zero-order valence-electron chi connectivity index (χ0n) is 42.8. The standard InChI is InChI=1S/C55H64N4O11P2/c1-11-17-29-55(30-18-12-2)37-21-19-23-45(69-71-56-39(25-27-41(56)51(60)64-13-3)35(9)43-31-33(7)47(58(43)71)53(62)66-15-5)49(37)68-50-38(55)22-20-24-46(50)70-72-57-40(26-28-42(57)52(61)65-14-4)36(10)44-32-34(8)48(59(44)72)54(63)67-16-6/h19-28,31-32,35-36H,11-18,29-30H2,1-10H3. The molecule has 2 aromatic carbocycles. The molecular weight excluding hydrogens is 955 g/mol. The second-order valence-electron chi connectivity index (χ2n) is 18.4. The number of para-hydroxylation sites is 2. The van der Waals surface area contributed by atoms with Crippen molar-refractivity contribution >= 4 is 40.8 Å². The van der Waals surface area contributed by atoms with Crippen molar-refractivity contribution in [1.29, 1.82) is 0 Å². The number of aryl methyl sites for hydroxylation is 2. The first kappa shape index (κ1) is 50.6. The highest BCUT2D eigenvalue weighted by Crippen LogP contribution is 2.63. The molecule has 0 radical (unpaired) electrons. The van der Waals surface area contributed by atoms with E-state index in [4.69, 9.17) is 32.7 Å². The van der Waals surface area contributed by atoms with Crippen molar-refractivity contribution in [2.75, 3.05) is 26.4 Å². The Morgan fingerprint density at radius 3 is 1.29 bits per heavy atom. The molecule has 4 aromatic heterocycles. The first-order valence-corrected chi connectivity index (χ1v) is 27.6. The van der Waals surface area contributed by atoms with Gasteiger partial charge in [-0.3, -0.25) is 17.4 Å². The summed E-state index contributed by atoms with van der Waals surface area (Å²) in [6.07, 6.45) is 5.26. The van der Waals surface area contributed by atoms with Gasteiger partial charge in [0.15, 0.2) is 23.0 Å². The molecule has 15 nitrogen and oxygen atoms in total. The highest BCUT2D eigenvalue weighted by molar-refractivity contribution is 7.50. The third kappa shape index (κ3) is 8.30. The van der Waals surface area contributed by atoms with Crippen LogP contribution in [0.1, 0.15) is 193 Å². The molecule has 0 amide bonds. The molecule has 4 unspecified atom stereocenters. The van der Waals surface area contributed by atoms with Crippen LogP contribution in [0.3, 0.4) is 0 Å². The summed E-state index contributed by atoms with van der Waals surface area (Å²) in [6, 6.07) is 23.3. The number of carbonyl (C=O) groups is 4. The second-order valence-corrected chi connectivity index (χ2v) is 21.4. The summed E-state index contributed by atoms with van der Waals surface area (Å²) in [7, 11) is -4.17. The van der Waals surface area contributed by atoms with Crippen LogP contribution < -0.4 is 13.8 Å². The Morgan fingerprint density at radius 1 is 0.528 bits per heavy atom. The molecule has 380 valence electrons. The minimum absolute atomic E-state index is 0.170. The van der Waals surface area contributed by atoms with Gasteiger partial charge in [-0.05, 0) is 114 Å². The van der Waals surface area contributed by atoms with Gasteiger partial charge in [0.25, 0.3) is 0 Å². The number of rotatable bonds is 18. The van der Waals surface area contributed by atoms with Crippen molar-refractivity contribution in [2.24, 2.45) is 0 Å². The topological polar surface area (TPSA) is 153 Å². The number of esters is 4. The molecular formula is C55H64N4O11P2. The number of unbranched alkanes of at least 4 members (excludes halogenated alkanes) is 2. The summed E-state index contributed by atoms with van der Waals surface area (Å²) >= 11 is 0. The Balaban J connectivity index is 1.26. The van der Waals surface area contributed by atoms with Crippen LogP contribution in [0.5, 0.6) is 23.0 Å². The molecule has 3 aliphatic rings. The van der Waals surface area contributed by atoms with Crippen molar-refractivity contribution < 1.29 is 51.9 Å². The molecule has 0 spiro atoms. The highest BCUT2D eigenvalue weighted by atomic mass is 31.2. The van der Waals surface area contributed by atoms with E-state index in [0.29, 0.717) is 45.8 Å². The summed E-state index contributed by atoms with van der Waals surface area (Å²) in [5, 5.41) is 0. The molecule has 0 N–H and O–H groups in total.